The Labute approximate surface area is 227 Å². The van der Waals surface area contributed by atoms with Gasteiger partial charge in [0, 0.05) is 38.3 Å². The maximum absolute atomic E-state index is 5.60. The molecule has 3 aromatic rings. The van der Waals surface area contributed by atoms with Crippen LogP contribution in [0.25, 0.3) is 6.08 Å². The second-order valence-electron chi connectivity index (χ2n) is 8.39. The number of hydrogen-bond acceptors (Lipinski definition) is 5. The van der Waals surface area contributed by atoms with Crippen LogP contribution >= 0.6 is 24.8 Å². The van der Waals surface area contributed by atoms with Crippen LogP contribution in [-0.2, 0) is 0 Å². The molecule has 3 aromatic carbocycles. The lowest BCUT2D eigenvalue weighted by molar-refractivity contribution is 0.118. The van der Waals surface area contributed by atoms with Gasteiger partial charge in [0.1, 0.15) is 0 Å². The van der Waals surface area contributed by atoms with Gasteiger partial charge in [-0.3, -0.25) is 9.80 Å². The highest BCUT2D eigenvalue weighted by Gasteiger charge is 2.26. The summed E-state index contributed by atoms with van der Waals surface area (Å²) in [6.45, 7) is 5.02. The fourth-order valence-electron chi connectivity index (χ4n) is 4.67. The summed E-state index contributed by atoms with van der Waals surface area (Å²) in [7, 11) is 4.92. The van der Waals surface area contributed by atoms with E-state index in [0.717, 1.165) is 38.3 Å². The minimum Gasteiger partial charge on any atom is -0.493 e. The number of halogens is 2. The molecule has 1 aliphatic rings. The number of piperazine rings is 1. The highest BCUT2D eigenvalue weighted by Crippen LogP contribution is 2.40. The molecule has 0 amide bonds. The van der Waals surface area contributed by atoms with Gasteiger partial charge in [-0.2, -0.15) is 0 Å². The Balaban J connectivity index is 0.00000228. The summed E-state index contributed by atoms with van der Waals surface area (Å²) >= 11 is 0. The minimum atomic E-state index is 0. The van der Waals surface area contributed by atoms with Crippen molar-refractivity contribution >= 4 is 30.9 Å². The first-order valence-electron chi connectivity index (χ1n) is 11.8. The molecule has 4 rings (SSSR count). The standard InChI is InChI=1S/C29H34N2O3.2ClH/c1-32-26-17-16-25(28(33-2)29(26)34-3)15-10-18-30-19-21-31(22-20-30)27(23-11-6-4-7-12-23)24-13-8-5-9-14-24;;/h4-17,27H,18-22H2,1-3H3;2*1H. The average molecular weight is 532 g/mol. The van der Waals surface area contributed by atoms with E-state index in [9.17, 15) is 0 Å². The number of methoxy groups -OCH3 is 3. The first-order valence-corrected chi connectivity index (χ1v) is 11.8. The molecule has 0 atom stereocenters. The molecule has 36 heavy (non-hydrogen) atoms. The van der Waals surface area contributed by atoms with Crippen LogP contribution in [0, 0.1) is 0 Å². The van der Waals surface area contributed by atoms with Crippen molar-refractivity contribution < 1.29 is 14.2 Å². The lowest BCUT2D eigenvalue weighted by atomic mass is 9.96. The topological polar surface area (TPSA) is 34.2 Å². The van der Waals surface area contributed by atoms with Crippen molar-refractivity contribution in [3.8, 4) is 17.2 Å². The molecule has 0 aliphatic carbocycles. The zero-order valence-electron chi connectivity index (χ0n) is 21.1. The van der Waals surface area contributed by atoms with Crippen molar-refractivity contribution in [2.24, 2.45) is 0 Å². The van der Waals surface area contributed by atoms with E-state index < -0.39 is 0 Å². The molecule has 0 radical (unpaired) electrons. The molecule has 0 unspecified atom stereocenters. The fraction of sp³-hybridized carbons (Fsp3) is 0.310. The Morgan fingerprint density at radius 2 is 1.25 bits per heavy atom. The van der Waals surface area contributed by atoms with Gasteiger partial charge < -0.3 is 14.2 Å². The third-order valence-electron chi connectivity index (χ3n) is 6.40. The van der Waals surface area contributed by atoms with Crippen molar-refractivity contribution in [3.63, 3.8) is 0 Å². The molecule has 0 aromatic heterocycles. The molecule has 5 nitrogen and oxygen atoms in total. The molecule has 7 heteroatoms. The summed E-state index contributed by atoms with van der Waals surface area (Å²) < 4.78 is 16.5. The van der Waals surface area contributed by atoms with Crippen LogP contribution in [0.2, 0.25) is 0 Å². The SMILES string of the molecule is COc1ccc(C=CCN2CCN(C(c3ccccc3)c3ccccc3)CC2)c(OC)c1OC.Cl.Cl. The summed E-state index contributed by atoms with van der Waals surface area (Å²) in [5, 5.41) is 0. The number of ether oxygens (including phenoxy) is 3. The van der Waals surface area contributed by atoms with Crippen LogP contribution in [-0.4, -0.2) is 63.9 Å². The van der Waals surface area contributed by atoms with Gasteiger partial charge in [0.15, 0.2) is 11.5 Å². The van der Waals surface area contributed by atoms with E-state index in [2.05, 4.69) is 82.6 Å². The molecule has 0 bridgehead atoms. The number of benzene rings is 3. The minimum absolute atomic E-state index is 0. The average Bonchev–Trinajstić information content (AvgIpc) is 2.90. The highest BCUT2D eigenvalue weighted by atomic mass is 35.5. The Morgan fingerprint density at radius 1 is 0.694 bits per heavy atom. The van der Waals surface area contributed by atoms with Crippen molar-refractivity contribution in [2.75, 3.05) is 54.1 Å². The van der Waals surface area contributed by atoms with Gasteiger partial charge in [-0.05, 0) is 23.3 Å². The van der Waals surface area contributed by atoms with Crippen LogP contribution in [0.1, 0.15) is 22.7 Å². The molecule has 0 saturated carbocycles. The third kappa shape index (κ3) is 6.95. The van der Waals surface area contributed by atoms with Gasteiger partial charge in [0.2, 0.25) is 5.75 Å². The molecule has 1 aliphatic heterocycles. The van der Waals surface area contributed by atoms with Crippen LogP contribution in [0.4, 0.5) is 0 Å². The monoisotopic (exact) mass is 530 g/mol. The van der Waals surface area contributed by atoms with Crippen LogP contribution in [0.3, 0.4) is 0 Å². The predicted molar refractivity (Wildman–Crippen MR) is 152 cm³/mol. The van der Waals surface area contributed by atoms with Crippen LogP contribution in [0.15, 0.2) is 78.9 Å². The second kappa shape index (κ2) is 14.8. The number of nitrogens with zero attached hydrogens (tertiary/aromatic N) is 2. The first-order chi connectivity index (χ1) is 16.7. The van der Waals surface area contributed by atoms with E-state index in [1.165, 1.54) is 11.1 Å². The molecule has 0 spiro atoms. The van der Waals surface area contributed by atoms with E-state index in [4.69, 9.17) is 14.2 Å². The van der Waals surface area contributed by atoms with Crippen molar-refractivity contribution in [3.05, 3.63) is 95.6 Å². The Morgan fingerprint density at radius 3 is 1.75 bits per heavy atom. The van der Waals surface area contributed by atoms with Crippen molar-refractivity contribution in [2.45, 2.75) is 6.04 Å². The molecule has 1 fully saturated rings. The zero-order valence-corrected chi connectivity index (χ0v) is 22.8. The van der Waals surface area contributed by atoms with Crippen molar-refractivity contribution in [1.82, 2.24) is 9.80 Å². The normalized spacial score (nSPS) is 14.2. The van der Waals surface area contributed by atoms with Gasteiger partial charge in [-0.25, -0.2) is 0 Å². The lowest BCUT2D eigenvalue weighted by Crippen LogP contribution is -2.47. The van der Waals surface area contributed by atoms with Crippen LogP contribution in [0.5, 0.6) is 17.2 Å². The van der Waals surface area contributed by atoms with Crippen LogP contribution < -0.4 is 14.2 Å². The third-order valence-corrected chi connectivity index (χ3v) is 6.40. The molecule has 194 valence electrons. The van der Waals surface area contributed by atoms with E-state index >= 15 is 0 Å². The van der Waals surface area contributed by atoms with E-state index in [0.29, 0.717) is 17.2 Å². The zero-order chi connectivity index (χ0) is 23.8. The molecule has 0 N–H and O–H groups in total. The number of rotatable bonds is 9. The Bertz CT molecular complexity index is 1030. The smallest absolute Gasteiger partial charge is 0.203 e. The van der Waals surface area contributed by atoms with Gasteiger partial charge in [-0.1, -0.05) is 72.8 Å². The predicted octanol–water partition coefficient (Wildman–Crippen LogP) is 5.98. The van der Waals surface area contributed by atoms with E-state index in [1.807, 2.05) is 12.1 Å². The molecular formula is C29H36Cl2N2O3. The first kappa shape index (κ1) is 29.5. The second-order valence-corrected chi connectivity index (χ2v) is 8.39. The Hall–Kier alpha value is -2.70. The van der Waals surface area contributed by atoms with Gasteiger partial charge in [0.25, 0.3) is 0 Å². The maximum atomic E-state index is 5.60. The van der Waals surface area contributed by atoms with Gasteiger partial charge >= 0.3 is 0 Å². The summed E-state index contributed by atoms with van der Waals surface area (Å²) in [6, 6.07) is 25.9. The van der Waals surface area contributed by atoms with Gasteiger partial charge in [0.05, 0.1) is 27.4 Å². The molecular weight excluding hydrogens is 495 g/mol. The van der Waals surface area contributed by atoms with E-state index in [-0.39, 0.29) is 30.9 Å². The fourth-order valence-corrected chi connectivity index (χ4v) is 4.67. The Kier molecular flexibility index (Phi) is 12.1. The number of hydrogen-bond donors (Lipinski definition) is 0. The molecule has 1 heterocycles. The lowest BCUT2D eigenvalue weighted by Gasteiger charge is -2.39. The maximum Gasteiger partial charge on any atom is 0.203 e. The van der Waals surface area contributed by atoms with E-state index in [1.54, 1.807) is 21.3 Å². The quantitative estimate of drug-likeness (QED) is 0.340. The largest absolute Gasteiger partial charge is 0.493 e. The van der Waals surface area contributed by atoms with Crippen molar-refractivity contribution in [1.29, 1.82) is 0 Å². The summed E-state index contributed by atoms with van der Waals surface area (Å²) in [6.07, 6.45) is 4.30. The van der Waals surface area contributed by atoms with Gasteiger partial charge in [-0.15, -0.1) is 24.8 Å². The summed E-state index contributed by atoms with van der Waals surface area (Å²) in [5.41, 5.74) is 3.68. The summed E-state index contributed by atoms with van der Waals surface area (Å²) in [4.78, 5) is 5.09. The molecule has 1 saturated heterocycles. The highest BCUT2D eigenvalue weighted by molar-refractivity contribution is 5.85. The summed E-state index contributed by atoms with van der Waals surface area (Å²) in [5.74, 6) is 1.98.